The summed E-state index contributed by atoms with van der Waals surface area (Å²) in [5, 5.41) is 0. The van der Waals surface area contributed by atoms with Crippen LogP contribution in [0, 0.1) is 0 Å². The van der Waals surface area contributed by atoms with Gasteiger partial charge in [0.15, 0.2) is 11.5 Å². The summed E-state index contributed by atoms with van der Waals surface area (Å²) in [5.41, 5.74) is 1.05. The molecule has 1 heterocycles. The number of carbonyl (C=O) groups is 1. The lowest BCUT2D eigenvalue weighted by atomic mass is 10.1. The summed E-state index contributed by atoms with van der Waals surface area (Å²) in [4.78, 5) is 11.2. The molecule has 0 unspecified atom stereocenters. The molecule has 1 aliphatic rings. The first-order valence-electron chi connectivity index (χ1n) is 4.68. The fourth-order valence-corrected chi connectivity index (χ4v) is 1.62. The van der Waals surface area contributed by atoms with Crippen LogP contribution in [0.5, 0.6) is 11.5 Å². The molecule has 0 atom stereocenters. The first-order valence-corrected chi connectivity index (χ1v) is 4.68. The number of para-hydroxylation sites is 1. The van der Waals surface area contributed by atoms with E-state index in [2.05, 4.69) is 0 Å². The number of esters is 1. The van der Waals surface area contributed by atoms with Crippen molar-refractivity contribution in [2.45, 2.75) is 19.3 Å². The third-order valence-electron chi connectivity index (χ3n) is 2.32. The summed E-state index contributed by atoms with van der Waals surface area (Å²) < 4.78 is 10.4. The molecule has 1 aromatic carbocycles. The van der Waals surface area contributed by atoms with Crippen molar-refractivity contribution in [3.05, 3.63) is 23.8 Å². The molecular formula is C11H12O3. The van der Waals surface area contributed by atoms with E-state index in [9.17, 15) is 4.79 Å². The Labute approximate surface area is 82.6 Å². The Morgan fingerprint density at radius 3 is 3.00 bits per heavy atom. The van der Waals surface area contributed by atoms with Crippen molar-refractivity contribution in [1.29, 1.82) is 0 Å². The molecule has 1 aromatic rings. The Bertz CT molecular complexity index is 358. The number of fused-ring (bicyclic) bond motifs is 1. The fourth-order valence-electron chi connectivity index (χ4n) is 1.62. The molecule has 74 valence electrons. The lowest BCUT2D eigenvalue weighted by Crippen LogP contribution is -2.06. The van der Waals surface area contributed by atoms with Crippen LogP contribution in [0.2, 0.25) is 0 Å². The molecule has 0 aromatic heterocycles. The predicted molar refractivity (Wildman–Crippen MR) is 51.6 cm³/mol. The van der Waals surface area contributed by atoms with Crippen molar-refractivity contribution in [3.63, 3.8) is 0 Å². The van der Waals surface area contributed by atoms with Crippen LogP contribution in [-0.2, 0) is 11.2 Å². The van der Waals surface area contributed by atoms with E-state index in [-0.39, 0.29) is 5.97 Å². The first-order chi connectivity index (χ1) is 6.81. The Balaban J connectivity index is 2.45. The Morgan fingerprint density at radius 1 is 1.36 bits per heavy atom. The van der Waals surface area contributed by atoms with Crippen molar-refractivity contribution < 1.29 is 14.3 Å². The highest BCUT2D eigenvalue weighted by Crippen LogP contribution is 2.34. The molecule has 1 aliphatic heterocycles. The molecular weight excluding hydrogens is 180 g/mol. The minimum atomic E-state index is -0.173. The van der Waals surface area contributed by atoms with Gasteiger partial charge in [-0.2, -0.15) is 0 Å². The van der Waals surface area contributed by atoms with Gasteiger partial charge in [-0.1, -0.05) is 12.1 Å². The van der Waals surface area contributed by atoms with Crippen LogP contribution in [0.3, 0.4) is 0 Å². The number of benzene rings is 1. The van der Waals surface area contributed by atoms with Crippen molar-refractivity contribution in [3.8, 4) is 11.5 Å². The molecule has 0 radical (unpaired) electrons. The lowest BCUT2D eigenvalue weighted by Gasteiger charge is -2.09. The summed E-state index contributed by atoms with van der Waals surface area (Å²) in [6.07, 6.45) is 2.20. The van der Waals surface area contributed by atoms with Crippen LogP contribution in [0.15, 0.2) is 18.2 Å². The summed E-state index contributed by atoms with van der Waals surface area (Å²) in [7, 11) is 1.58. The van der Waals surface area contributed by atoms with Gasteiger partial charge in [0.25, 0.3) is 0 Å². The van der Waals surface area contributed by atoms with Crippen LogP contribution in [0.4, 0.5) is 0 Å². The molecule has 0 aliphatic carbocycles. The number of rotatable bonds is 1. The van der Waals surface area contributed by atoms with E-state index in [1.165, 1.54) is 0 Å². The van der Waals surface area contributed by atoms with Crippen LogP contribution in [0.1, 0.15) is 18.4 Å². The van der Waals surface area contributed by atoms with Gasteiger partial charge < -0.3 is 9.47 Å². The smallest absolute Gasteiger partial charge is 0.311 e. The van der Waals surface area contributed by atoms with Gasteiger partial charge in [0, 0.05) is 6.42 Å². The molecule has 3 heteroatoms. The second-order valence-electron chi connectivity index (χ2n) is 3.28. The van der Waals surface area contributed by atoms with Gasteiger partial charge in [0.1, 0.15) is 0 Å². The number of carbonyl (C=O) groups excluding carboxylic acids is 1. The molecule has 2 rings (SSSR count). The van der Waals surface area contributed by atoms with E-state index < -0.39 is 0 Å². The van der Waals surface area contributed by atoms with Crippen molar-refractivity contribution in [2.24, 2.45) is 0 Å². The van der Waals surface area contributed by atoms with Gasteiger partial charge in [-0.3, -0.25) is 4.79 Å². The van der Waals surface area contributed by atoms with E-state index in [1.807, 2.05) is 12.1 Å². The molecule has 14 heavy (non-hydrogen) atoms. The van der Waals surface area contributed by atoms with Gasteiger partial charge in [-0.05, 0) is 24.5 Å². The molecule has 0 bridgehead atoms. The van der Waals surface area contributed by atoms with E-state index in [4.69, 9.17) is 9.47 Å². The topological polar surface area (TPSA) is 35.5 Å². The largest absolute Gasteiger partial charge is 0.493 e. The van der Waals surface area contributed by atoms with Gasteiger partial charge in [-0.25, -0.2) is 0 Å². The second kappa shape index (κ2) is 3.70. The summed E-state index contributed by atoms with van der Waals surface area (Å²) in [5.74, 6) is 1.06. The standard InChI is InChI=1S/C11H12O3/c1-13-9-6-2-4-8-5-3-7-10(12)14-11(8)9/h2,4,6H,3,5,7H2,1H3. The maximum absolute atomic E-state index is 11.2. The number of methoxy groups -OCH3 is 1. The summed E-state index contributed by atoms with van der Waals surface area (Å²) in [6.45, 7) is 0. The minimum Gasteiger partial charge on any atom is -0.493 e. The van der Waals surface area contributed by atoms with Gasteiger partial charge >= 0.3 is 5.97 Å². The highest BCUT2D eigenvalue weighted by atomic mass is 16.6. The molecule has 0 saturated heterocycles. The normalized spacial score (nSPS) is 15.4. The monoisotopic (exact) mass is 192 g/mol. The number of aryl methyl sites for hydroxylation is 1. The van der Waals surface area contributed by atoms with Gasteiger partial charge in [-0.15, -0.1) is 0 Å². The van der Waals surface area contributed by atoms with E-state index >= 15 is 0 Å². The van der Waals surface area contributed by atoms with Crippen LogP contribution in [0.25, 0.3) is 0 Å². The molecule has 0 saturated carbocycles. The highest BCUT2D eigenvalue weighted by Gasteiger charge is 2.18. The average Bonchev–Trinajstić information content (AvgIpc) is 2.38. The van der Waals surface area contributed by atoms with Crippen molar-refractivity contribution >= 4 is 5.97 Å². The second-order valence-corrected chi connectivity index (χ2v) is 3.28. The van der Waals surface area contributed by atoms with Crippen LogP contribution < -0.4 is 9.47 Å². The zero-order chi connectivity index (χ0) is 9.97. The van der Waals surface area contributed by atoms with Crippen molar-refractivity contribution in [1.82, 2.24) is 0 Å². The third-order valence-corrected chi connectivity index (χ3v) is 2.32. The van der Waals surface area contributed by atoms with Gasteiger partial charge in [0.2, 0.25) is 0 Å². The predicted octanol–water partition coefficient (Wildman–Crippen LogP) is 1.94. The molecule has 0 N–H and O–H groups in total. The number of hydrogen-bond donors (Lipinski definition) is 0. The number of ether oxygens (including phenoxy) is 2. The van der Waals surface area contributed by atoms with Gasteiger partial charge in [0.05, 0.1) is 7.11 Å². The number of hydrogen-bond acceptors (Lipinski definition) is 3. The average molecular weight is 192 g/mol. The lowest BCUT2D eigenvalue weighted by molar-refractivity contribution is -0.134. The maximum atomic E-state index is 11.2. The molecule has 0 spiro atoms. The Morgan fingerprint density at radius 2 is 2.21 bits per heavy atom. The fraction of sp³-hybridized carbons (Fsp3) is 0.364. The van der Waals surface area contributed by atoms with E-state index in [0.717, 1.165) is 18.4 Å². The van der Waals surface area contributed by atoms with Crippen LogP contribution in [-0.4, -0.2) is 13.1 Å². The SMILES string of the molecule is COc1cccc2c1OC(=O)CCC2. The third kappa shape index (κ3) is 1.58. The summed E-state index contributed by atoms with van der Waals surface area (Å²) >= 11 is 0. The zero-order valence-corrected chi connectivity index (χ0v) is 8.08. The molecule has 0 amide bonds. The Kier molecular flexibility index (Phi) is 2.39. The van der Waals surface area contributed by atoms with Crippen LogP contribution >= 0.6 is 0 Å². The molecule has 0 fully saturated rings. The minimum absolute atomic E-state index is 0.173. The van der Waals surface area contributed by atoms with E-state index in [1.54, 1.807) is 13.2 Å². The first kappa shape index (κ1) is 9.06. The highest BCUT2D eigenvalue weighted by molar-refractivity contribution is 5.74. The zero-order valence-electron chi connectivity index (χ0n) is 8.08. The summed E-state index contributed by atoms with van der Waals surface area (Å²) in [6, 6.07) is 5.69. The molecule has 3 nitrogen and oxygen atoms in total. The maximum Gasteiger partial charge on any atom is 0.311 e. The Hall–Kier alpha value is -1.51. The van der Waals surface area contributed by atoms with E-state index in [0.29, 0.717) is 17.9 Å². The van der Waals surface area contributed by atoms with Crippen molar-refractivity contribution in [2.75, 3.05) is 7.11 Å². The quantitative estimate of drug-likeness (QED) is 0.504.